The molecule has 0 saturated carbocycles. The van der Waals surface area contributed by atoms with Crippen LogP contribution in [-0.4, -0.2) is 10.1 Å². The number of benzene rings is 1. The number of hydrogen-bond acceptors (Lipinski definition) is 2. The lowest BCUT2D eigenvalue weighted by Gasteiger charge is -2.11. The summed E-state index contributed by atoms with van der Waals surface area (Å²) >= 11 is 5.28. The molecule has 0 radical (unpaired) electrons. The third-order valence-corrected chi connectivity index (χ3v) is 2.95. The van der Waals surface area contributed by atoms with Crippen molar-refractivity contribution in [2.45, 2.75) is 20.3 Å². The van der Waals surface area contributed by atoms with E-state index in [9.17, 15) is 0 Å². The Balaban J connectivity index is 2.01. The summed E-state index contributed by atoms with van der Waals surface area (Å²) in [6.07, 6.45) is 2.77. The smallest absolute Gasteiger partial charge is 0.176 e. The molecule has 1 aromatic heterocycles. The lowest BCUT2D eigenvalue weighted by atomic mass is 10.1. The average molecular weight is 271 g/mol. The molecule has 2 N–H and O–H groups in total. The van der Waals surface area contributed by atoms with Gasteiger partial charge in [0.1, 0.15) is 5.82 Å². The molecule has 3 nitrogen and oxygen atoms in total. The predicted octanol–water partition coefficient (Wildman–Crippen LogP) is 3.76. The summed E-state index contributed by atoms with van der Waals surface area (Å²) in [4.78, 5) is 4.22. The molecule has 0 spiro atoms. The van der Waals surface area contributed by atoms with Crippen LogP contribution in [-0.2, 0) is 6.42 Å². The van der Waals surface area contributed by atoms with Crippen molar-refractivity contribution in [2.75, 3.05) is 10.6 Å². The normalized spacial score (nSPS) is 10.0. The van der Waals surface area contributed by atoms with Crippen LogP contribution in [0.25, 0.3) is 0 Å². The number of nitrogens with one attached hydrogen (secondary N) is 2. The number of hydrogen-bond donors (Lipinski definition) is 2. The minimum absolute atomic E-state index is 0.548. The molecular formula is C15H17N3S. The van der Waals surface area contributed by atoms with Crippen LogP contribution in [0.5, 0.6) is 0 Å². The number of anilines is 2. The van der Waals surface area contributed by atoms with E-state index in [1.807, 2.05) is 31.2 Å². The predicted molar refractivity (Wildman–Crippen MR) is 84.6 cm³/mol. The van der Waals surface area contributed by atoms with Gasteiger partial charge in [-0.1, -0.05) is 19.1 Å². The summed E-state index contributed by atoms with van der Waals surface area (Å²) in [6.45, 7) is 4.15. The second-order valence-electron chi connectivity index (χ2n) is 4.35. The summed E-state index contributed by atoms with van der Waals surface area (Å²) in [5.41, 5.74) is 3.42. The molecule has 0 aliphatic carbocycles. The zero-order chi connectivity index (χ0) is 13.7. The Bertz CT molecular complexity index is 581. The van der Waals surface area contributed by atoms with Crippen molar-refractivity contribution in [3.05, 3.63) is 53.7 Å². The minimum atomic E-state index is 0.548. The zero-order valence-corrected chi connectivity index (χ0v) is 11.9. The molecule has 2 aromatic rings. The van der Waals surface area contributed by atoms with Gasteiger partial charge >= 0.3 is 0 Å². The van der Waals surface area contributed by atoms with Crippen molar-refractivity contribution in [3.8, 4) is 0 Å². The van der Waals surface area contributed by atoms with E-state index in [4.69, 9.17) is 12.2 Å². The molecule has 0 unspecified atom stereocenters. The van der Waals surface area contributed by atoms with Crippen molar-refractivity contribution < 1.29 is 0 Å². The van der Waals surface area contributed by atoms with Crippen LogP contribution >= 0.6 is 12.2 Å². The first-order chi connectivity index (χ1) is 9.17. The van der Waals surface area contributed by atoms with Gasteiger partial charge in [0, 0.05) is 11.9 Å². The number of pyridine rings is 1. The molecule has 19 heavy (non-hydrogen) atoms. The molecule has 0 atom stereocenters. The summed E-state index contributed by atoms with van der Waals surface area (Å²) in [5, 5.41) is 6.79. The van der Waals surface area contributed by atoms with Crippen molar-refractivity contribution >= 4 is 28.8 Å². The molecule has 0 aliphatic heterocycles. The fourth-order valence-corrected chi connectivity index (χ4v) is 1.97. The highest BCUT2D eigenvalue weighted by molar-refractivity contribution is 7.80. The first kappa shape index (κ1) is 13.5. The standard InChI is InChI=1S/C15H17N3S/c1-3-12-5-4-6-13(10-12)17-15(19)18-14-9-11(2)7-8-16-14/h4-10H,3H2,1-2H3,(H2,16,17,18,19). The highest BCUT2D eigenvalue weighted by atomic mass is 32.1. The van der Waals surface area contributed by atoms with Crippen molar-refractivity contribution in [3.63, 3.8) is 0 Å². The van der Waals surface area contributed by atoms with Gasteiger partial charge < -0.3 is 10.6 Å². The van der Waals surface area contributed by atoms with Crippen LogP contribution < -0.4 is 10.6 Å². The number of aryl methyl sites for hydroxylation is 2. The van der Waals surface area contributed by atoms with Gasteiger partial charge in [0.2, 0.25) is 0 Å². The van der Waals surface area contributed by atoms with E-state index in [1.165, 1.54) is 5.56 Å². The van der Waals surface area contributed by atoms with Gasteiger partial charge in [-0.05, 0) is 61.0 Å². The fourth-order valence-electron chi connectivity index (χ4n) is 1.75. The van der Waals surface area contributed by atoms with E-state index < -0.39 is 0 Å². The Kier molecular flexibility index (Phi) is 4.47. The molecule has 0 saturated heterocycles. The largest absolute Gasteiger partial charge is 0.332 e. The Morgan fingerprint density at radius 1 is 1.21 bits per heavy atom. The third kappa shape index (κ3) is 4.03. The quantitative estimate of drug-likeness (QED) is 0.833. The summed E-state index contributed by atoms with van der Waals surface area (Å²) in [7, 11) is 0. The van der Waals surface area contributed by atoms with Crippen LogP contribution in [0.4, 0.5) is 11.5 Å². The van der Waals surface area contributed by atoms with Gasteiger partial charge in [-0.2, -0.15) is 0 Å². The van der Waals surface area contributed by atoms with Gasteiger partial charge in [-0.3, -0.25) is 0 Å². The van der Waals surface area contributed by atoms with Gasteiger partial charge in [0.25, 0.3) is 0 Å². The van der Waals surface area contributed by atoms with Crippen LogP contribution in [0, 0.1) is 6.92 Å². The van der Waals surface area contributed by atoms with Gasteiger partial charge in [0.05, 0.1) is 0 Å². The Morgan fingerprint density at radius 2 is 2.05 bits per heavy atom. The van der Waals surface area contributed by atoms with E-state index >= 15 is 0 Å². The number of aromatic nitrogens is 1. The number of thiocarbonyl (C=S) groups is 1. The summed E-state index contributed by atoms with van der Waals surface area (Å²) < 4.78 is 0. The van der Waals surface area contributed by atoms with Crippen molar-refractivity contribution in [1.82, 2.24) is 4.98 Å². The molecule has 2 rings (SSSR count). The minimum Gasteiger partial charge on any atom is -0.332 e. The second kappa shape index (κ2) is 6.29. The topological polar surface area (TPSA) is 37.0 Å². The van der Waals surface area contributed by atoms with E-state index in [0.29, 0.717) is 5.11 Å². The van der Waals surface area contributed by atoms with E-state index in [1.54, 1.807) is 6.20 Å². The van der Waals surface area contributed by atoms with E-state index in [2.05, 4.69) is 34.7 Å². The summed E-state index contributed by atoms with van der Waals surface area (Å²) in [6, 6.07) is 12.1. The molecule has 98 valence electrons. The van der Waals surface area contributed by atoms with Gasteiger partial charge in [0.15, 0.2) is 5.11 Å². The number of nitrogens with zero attached hydrogens (tertiary/aromatic N) is 1. The maximum Gasteiger partial charge on any atom is 0.176 e. The lowest BCUT2D eigenvalue weighted by molar-refractivity contribution is 1.14. The molecule has 0 amide bonds. The highest BCUT2D eigenvalue weighted by Crippen LogP contribution is 2.12. The zero-order valence-electron chi connectivity index (χ0n) is 11.1. The van der Waals surface area contributed by atoms with Gasteiger partial charge in [-0.15, -0.1) is 0 Å². The average Bonchev–Trinajstić information content (AvgIpc) is 2.38. The molecule has 1 heterocycles. The van der Waals surface area contributed by atoms with Crippen LogP contribution in [0.1, 0.15) is 18.1 Å². The molecule has 4 heteroatoms. The monoisotopic (exact) mass is 271 g/mol. The maximum atomic E-state index is 5.28. The fraction of sp³-hybridized carbons (Fsp3) is 0.200. The Hall–Kier alpha value is -1.94. The SMILES string of the molecule is CCc1cccc(NC(=S)Nc2cc(C)ccn2)c1. The van der Waals surface area contributed by atoms with Crippen LogP contribution in [0.15, 0.2) is 42.6 Å². The Morgan fingerprint density at radius 3 is 2.79 bits per heavy atom. The van der Waals surface area contributed by atoms with Crippen LogP contribution in [0.2, 0.25) is 0 Å². The molecule has 0 aliphatic rings. The molecule has 0 bridgehead atoms. The van der Waals surface area contributed by atoms with E-state index in [-0.39, 0.29) is 0 Å². The number of rotatable bonds is 3. The molecule has 1 aromatic carbocycles. The third-order valence-electron chi connectivity index (χ3n) is 2.75. The first-order valence-corrected chi connectivity index (χ1v) is 6.68. The molecular weight excluding hydrogens is 254 g/mol. The summed E-state index contributed by atoms with van der Waals surface area (Å²) in [5.74, 6) is 0.754. The highest BCUT2D eigenvalue weighted by Gasteiger charge is 2.00. The van der Waals surface area contributed by atoms with Crippen molar-refractivity contribution in [1.29, 1.82) is 0 Å². The van der Waals surface area contributed by atoms with E-state index in [0.717, 1.165) is 23.5 Å². The Labute approximate surface area is 119 Å². The van der Waals surface area contributed by atoms with Crippen molar-refractivity contribution in [2.24, 2.45) is 0 Å². The second-order valence-corrected chi connectivity index (χ2v) is 4.76. The molecule has 0 fully saturated rings. The van der Waals surface area contributed by atoms with Gasteiger partial charge in [-0.25, -0.2) is 4.98 Å². The van der Waals surface area contributed by atoms with Crippen LogP contribution in [0.3, 0.4) is 0 Å². The first-order valence-electron chi connectivity index (χ1n) is 6.27. The lowest BCUT2D eigenvalue weighted by Crippen LogP contribution is -2.19. The maximum absolute atomic E-state index is 5.28.